The topological polar surface area (TPSA) is 0 Å². The highest BCUT2D eigenvalue weighted by Gasteiger charge is 1.89. The SMILES string of the molecule is C=CC(C)CCC.CC.CC. The maximum Gasteiger partial charge on any atom is -0.0265 e. The first-order chi connectivity index (χ1) is 5.31. The van der Waals surface area contributed by atoms with E-state index in [1.165, 1.54) is 12.8 Å². The fourth-order valence-corrected chi connectivity index (χ4v) is 0.573. The fraction of sp³-hybridized carbons (Fsp3) is 0.818. The molecule has 0 heteroatoms. The Bertz CT molecular complexity index is 46.0. The van der Waals surface area contributed by atoms with E-state index in [4.69, 9.17) is 0 Å². The minimum absolute atomic E-state index is 0.713. The van der Waals surface area contributed by atoms with E-state index in [-0.39, 0.29) is 0 Å². The normalized spacial score (nSPS) is 9.64. The lowest BCUT2D eigenvalue weighted by Crippen LogP contribution is -1.84. The second-order valence-electron chi connectivity index (χ2n) is 2.00. The molecule has 0 aromatic carbocycles. The molecule has 0 spiro atoms. The minimum atomic E-state index is 0.713. The first-order valence-electron chi connectivity index (χ1n) is 4.93. The van der Waals surface area contributed by atoms with E-state index < -0.39 is 0 Å². The van der Waals surface area contributed by atoms with Crippen LogP contribution in [0.5, 0.6) is 0 Å². The van der Waals surface area contributed by atoms with Crippen molar-refractivity contribution in [1.29, 1.82) is 0 Å². The zero-order valence-electron chi connectivity index (χ0n) is 9.28. The lowest BCUT2D eigenvalue weighted by atomic mass is 10.1. The molecule has 0 amide bonds. The van der Waals surface area contributed by atoms with Crippen LogP contribution in [0.15, 0.2) is 12.7 Å². The number of allylic oxidation sites excluding steroid dienone is 1. The van der Waals surface area contributed by atoms with Crippen molar-refractivity contribution in [3.8, 4) is 0 Å². The van der Waals surface area contributed by atoms with Gasteiger partial charge < -0.3 is 0 Å². The van der Waals surface area contributed by atoms with Gasteiger partial charge >= 0.3 is 0 Å². The Morgan fingerprint density at radius 2 is 1.55 bits per heavy atom. The van der Waals surface area contributed by atoms with Crippen LogP contribution in [0.4, 0.5) is 0 Å². The highest BCUT2D eigenvalue weighted by atomic mass is 13.9. The second-order valence-corrected chi connectivity index (χ2v) is 2.00. The van der Waals surface area contributed by atoms with Crippen LogP contribution in [-0.2, 0) is 0 Å². The molecule has 0 aliphatic carbocycles. The molecule has 11 heavy (non-hydrogen) atoms. The largest absolute Gasteiger partial charge is 0.103 e. The highest BCUT2D eigenvalue weighted by molar-refractivity contribution is 4.73. The summed E-state index contributed by atoms with van der Waals surface area (Å²) in [4.78, 5) is 0. The van der Waals surface area contributed by atoms with Crippen molar-refractivity contribution < 1.29 is 0 Å². The molecule has 0 aromatic heterocycles. The Balaban J connectivity index is -0.000000138. The summed E-state index contributed by atoms with van der Waals surface area (Å²) in [6.45, 7) is 16.1. The second kappa shape index (κ2) is 22.6. The van der Waals surface area contributed by atoms with E-state index in [1.54, 1.807) is 0 Å². The molecule has 0 fully saturated rings. The summed E-state index contributed by atoms with van der Waals surface area (Å²) < 4.78 is 0. The minimum Gasteiger partial charge on any atom is -0.103 e. The predicted octanol–water partition coefficient (Wildman–Crippen LogP) is 4.66. The summed E-state index contributed by atoms with van der Waals surface area (Å²) >= 11 is 0. The van der Waals surface area contributed by atoms with Crippen molar-refractivity contribution in [2.75, 3.05) is 0 Å². The van der Waals surface area contributed by atoms with Gasteiger partial charge in [0.1, 0.15) is 0 Å². The molecule has 0 radical (unpaired) electrons. The van der Waals surface area contributed by atoms with Crippen LogP contribution >= 0.6 is 0 Å². The standard InChI is InChI=1S/C7H14.2C2H6/c1-4-6-7(3)5-2;2*1-2/h5,7H,2,4,6H2,1,3H3;2*1-2H3. The first-order valence-corrected chi connectivity index (χ1v) is 4.93. The average molecular weight is 158 g/mol. The molecule has 0 aromatic rings. The molecule has 0 rings (SSSR count). The van der Waals surface area contributed by atoms with Crippen molar-refractivity contribution in [3.05, 3.63) is 12.7 Å². The molecule has 0 saturated carbocycles. The van der Waals surface area contributed by atoms with E-state index in [1.807, 2.05) is 33.8 Å². The van der Waals surface area contributed by atoms with Gasteiger partial charge in [0.25, 0.3) is 0 Å². The van der Waals surface area contributed by atoms with E-state index in [2.05, 4.69) is 20.4 Å². The lowest BCUT2D eigenvalue weighted by Gasteiger charge is -1.98. The summed E-state index contributed by atoms with van der Waals surface area (Å²) in [6.07, 6.45) is 4.56. The van der Waals surface area contributed by atoms with Crippen molar-refractivity contribution in [3.63, 3.8) is 0 Å². The molecule has 1 unspecified atom stereocenters. The Labute approximate surface area is 73.7 Å². The Morgan fingerprint density at radius 1 is 1.18 bits per heavy atom. The van der Waals surface area contributed by atoms with Gasteiger partial charge in [-0.15, -0.1) is 6.58 Å². The summed E-state index contributed by atoms with van der Waals surface area (Å²) in [6, 6.07) is 0. The van der Waals surface area contributed by atoms with Gasteiger partial charge in [-0.1, -0.05) is 54.0 Å². The molecular formula is C11H26. The van der Waals surface area contributed by atoms with Crippen molar-refractivity contribution >= 4 is 0 Å². The number of rotatable bonds is 3. The molecule has 0 bridgehead atoms. The van der Waals surface area contributed by atoms with Crippen molar-refractivity contribution in [1.82, 2.24) is 0 Å². The summed E-state index contributed by atoms with van der Waals surface area (Å²) in [7, 11) is 0. The monoisotopic (exact) mass is 158 g/mol. The van der Waals surface area contributed by atoms with Gasteiger partial charge in [0, 0.05) is 0 Å². The van der Waals surface area contributed by atoms with Crippen LogP contribution in [-0.4, -0.2) is 0 Å². The lowest BCUT2D eigenvalue weighted by molar-refractivity contribution is 0.635. The molecule has 0 heterocycles. The molecule has 0 nitrogen and oxygen atoms in total. The van der Waals surface area contributed by atoms with Crippen LogP contribution in [0.1, 0.15) is 54.4 Å². The zero-order chi connectivity index (χ0) is 9.70. The summed E-state index contributed by atoms with van der Waals surface area (Å²) in [5.74, 6) is 0.713. The first kappa shape index (κ1) is 17.0. The molecule has 70 valence electrons. The molecule has 1 atom stereocenters. The van der Waals surface area contributed by atoms with Crippen molar-refractivity contribution in [2.45, 2.75) is 54.4 Å². The third-order valence-electron chi connectivity index (χ3n) is 1.15. The maximum absolute atomic E-state index is 3.68. The van der Waals surface area contributed by atoms with E-state index in [0.717, 1.165) is 0 Å². The molecular weight excluding hydrogens is 132 g/mol. The van der Waals surface area contributed by atoms with Crippen LogP contribution in [0.3, 0.4) is 0 Å². The average Bonchev–Trinajstić information content (AvgIpc) is 2.12. The fourth-order valence-electron chi connectivity index (χ4n) is 0.573. The smallest absolute Gasteiger partial charge is 0.0265 e. The quantitative estimate of drug-likeness (QED) is 0.524. The van der Waals surface area contributed by atoms with Gasteiger partial charge in [-0.25, -0.2) is 0 Å². The van der Waals surface area contributed by atoms with Crippen LogP contribution in [0.25, 0.3) is 0 Å². The zero-order valence-corrected chi connectivity index (χ0v) is 9.28. The molecule has 0 N–H and O–H groups in total. The van der Waals surface area contributed by atoms with Crippen molar-refractivity contribution in [2.24, 2.45) is 5.92 Å². The molecule has 0 aliphatic heterocycles. The highest BCUT2D eigenvalue weighted by Crippen LogP contribution is 2.03. The Hall–Kier alpha value is -0.260. The van der Waals surface area contributed by atoms with Gasteiger partial charge in [0.2, 0.25) is 0 Å². The predicted molar refractivity (Wildman–Crippen MR) is 57.0 cm³/mol. The van der Waals surface area contributed by atoms with Gasteiger partial charge in [0.15, 0.2) is 0 Å². The third-order valence-corrected chi connectivity index (χ3v) is 1.15. The van der Waals surface area contributed by atoms with Crippen LogP contribution in [0, 0.1) is 5.92 Å². The van der Waals surface area contributed by atoms with Gasteiger partial charge in [-0.3, -0.25) is 0 Å². The number of hydrogen-bond acceptors (Lipinski definition) is 0. The molecule has 0 saturated heterocycles. The van der Waals surface area contributed by atoms with E-state index >= 15 is 0 Å². The van der Waals surface area contributed by atoms with Gasteiger partial charge in [-0.05, 0) is 12.3 Å². The Morgan fingerprint density at radius 3 is 1.64 bits per heavy atom. The van der Waals surface area contributed by atoms with Crippen LogP contribution < -0.4 is 0 Å². The van der Waals surface area contributed by atoms with E-state index in [0.29, 0.717) is 5.92 Å². The van der Waals surface area contributed by atoms with Crippen LogP contribution in [0.2, 0.25) is 0 Å². The maximum atomic E-state index is 3.68. The third kappa shape index (κ3) is 26.0. The van der Waals surface area contributed by atoms with E-state index in [9.17, 15) is 0 Å². The molecule has 0 aliphatic rings. The van der Waals surface area contributed by atoms with Gasteiger partial charge in [-0.2, -0.15) is 0 Å². The number of hydrogen-bond donors (Lipinski definition) is 0. The summed E-state index contributed by atoms with van der Waals surface area (Å²) in [5, 5.41) is 0. The summed E-state index contributed by atoms with van der Waals surface area (Å²) in [5.41, 5.74) is 0. The Kier molecular flexibility index (Phi) is 34.9. The van der Waals surface area contributed by atoms with Gasteiger partial charge in [0.05, 0.1) is 0 Å².